The lowest BCUT2D eigenvalue weighted by molar-refractivity contribution is -0.123. The van der Waals surface area contributed by atoms with Crippen molar-refractivity contribution < 1.29 is 19.4 Å². The van der Waals surface area contributed by atoms with Gasteiger partial charge in [-0.3, -0.25) is 4.79 Å². The number of phenolic OH excluding ortho intramolecular Hbond substituents is 1. The van der Waals surface area contributed by atoms with E-state index in [1.54, 1.807) is 12.1 Å². The molecule has 0 aliphatic rings. The highest BCUT2D eigenvalue weighted by atomic mass is 79.9. The first-order valence-electron chi connectivity index (χ1n) is 8.07. The Balaban J connectivity index is 1.58. The van der Waals surface area contributed by atoms with Crippen LogP contribution in [-0.2, 0) is 4.79 Å². The molecule has 0 atom stereocenters. The second-order valence-electron chi connectivity index (χ2n) is 5.61. The molecule has 1 amide bonds. The maximum atomic E-state index is 11.9. The lowest BCUT2D eigenvalue weighted by atomic mass is 10.1. The number of hydrogen-bond acceptors (Lipinski definition) is 5. The number of carbonyl (C=O) groups excluding carboxylic acids is 1. The molecule has 3 rings (SSSR count). The highest BCUT2D eigenvalue weighted by Crippen LogP contribution is 2.33. The maximum absolute atomic E-state index is 11.9. The lowest BCUT2D eigenvalue weighted by Gasteiger charge is -2.09. The highest BCUT2D eigenvalue weighted by Gasteiger charge is 2.08. The topological polar surface area (TPSA) is 80.2 Å². The van der Waals surface area contributed by atoms with Gasteiger partial charge in [-0.05, 0) is 56.5 Å². The number of aromatic hydroxyl groups is 1. The fourth-order valence-corrected chi connectivity index (χ4v) is 3.06. The SMILES string of the molecule is COc1cc(/C=N/NC(=O)COc2ccc3ccccc3c2Br)ccc1O. The maximum Gasteiger partial charge on any atom is 0.277 e. The van der Waals surface area contributed by atoms with Gasteiger partial charge >= 0.3 is 0 Å². The molecule has 0 aromatic heterocycles. The zero-order chi connectivity index (χ0) is 19.2. The van der Waals surface area contributed by atoms with Crippen molar-refractivity contribution >= 4 is 38.8 Å². The highest BCUT2D eigenvalue weighted by molar-refractivity contribution is 9.10. The van der Waals surface area contributed by atoms with Crippen LogP contribution in [0.3, 0.4) is 0 Å². The van der Waals surface area contributed by atoms with Gasteiger partial charge in [-0.2, -0.15) is 5.10 Å². The Labute approximate surface area is 164 Å². The first kappa shape index (κ1) is 18.7. The molecule has 0 aliphatic carbocycles. The van der Waals surface area contributed by atoms with E-state index in [1.165, 1.54) is 19.4 Å². The minimum absolute atomic E-state index is 0.0352. The molecule has 3 aromatic carbocycles. The molecular formula is C20H17BrN2O4. The molecule has 0 unspecified atom stereocenters. The molecule has 6 nitrogen and oxygen atoms in total. The fourth-order valence-electron chi connectivity index (χ4n) is 2.45. The van der Waals surface area contributed by atoms with Gasteiger partial charge in [-0.15, -0.1) is 0 Å². The second kappa shape index (κ2) is 8.55. The molecule has 0 spiro atoms. The number of methoxy groups -OCH3 is 1. The Morgan fingerprint density at radius 1 is 1.19 bits per heavy atom. The Bertz CT molecular complexity index is 1000. The molecule has 3 aromatic rings. The summed E-state index contributed by atoms with van der Waals surface area (Å²) in [5.74, 6) is 0.552. The van der Waals surface area contributed by atoms with Crippen molar-refractivity contribution in [3.8, 4) is 17.2 Å². The lowest BCUT2D eigenvalue weighted by Crippen LogP contribution is -2.24. The Kier molecular flexibility index (Phi) is 5.93. The van der Waals surface area contributed by atoms with Crippen molar-refractivity contribution in [2.24, 2.45) is 5.10 Å². The second-order valence-corrected chi connectivity index (χ2v) is 6.40. The number of nitrogens with zero attached hydrogens (tertiary/aromatic N) is 1. The molecule has 138 valence electrons. The van der Waals surface area contributed by atoms with Gasteiger partial charge in [0.15, 0.2) is 18.1 Å². The average Bonchev–Trinajstić information content (AvgIpc) is 2.69. The normalized spacial score (nSPS) is 10.9. The number of hydrogen-bond donors (Lipinski definition) is 2. The van der Waals surface area contributed by atoms with E-state index in [0.29, 0.717) is 17.1 Å². The van der Waals surface area contributed by atoms with Crippen molar-refractivity contribution in [1.82, 2.24) is 5.43 Å². The summed E-state index contributed by atoms with van der Waals surface area (Å²) in [7, 11) is 1.46. The number of rotatable bonds is 6. The van der Waals surface area contributed by atoms with Gasteiger partial charge in [0.25, 0.3) is 5.91 Å². The van der Waals surface area contributed by atoms with Gasteiger partial charge in [-0.25, -0.2) is 5.43 Å². The van der Waals surface area contributed by atoms with Crippen LogP contribution < -0.4 is 14.9 Å². The van der Waals surface area contributed by atoms with Crippen molar-refractivity contribution in [3.05, 3.63) is 64.6 Å². The van der Waals surface area contributed by atoms with E-state index < -0.39 is 5.91 Å². The molecule has 0 heterocycles. The first-order chi connectivity index (χ1) is 13.1. The van der Waals surface area contributed by atoms with Crippen LogP contribution in [0, 0.1) is 0 Å². The molecule has 0 saturated carbocycles. The van der Waals surface area contributed by atoms with E-state index in [1.807, 2.05) is 36.4 Å². The summed E-state index contributed by atoms with van der Waals surface area (Å²) in [4.78, 5) is 11.9. The first-order valence-corrected chi connectivity index (χ1v) is 8.86. The molecule has 0 fully saturated rings. The summed E-state index contributed by atoms with van der Waals surface area (Å²) in [6.07, 6.45) is 1.45. The number of phenols is 1. The number of ether oxygens (including phenoxy) is 2. The number of benzene rings is 3. The summed E-state index contributed by atoms with van der Waals surface area (Å²) < 4.78 is 11.4. The van der Waals surface area contributed by atoms with Crippen LogP contribution in [0.15, 0.2) is 64.2 Å². The fraction of sp³-hybridized carbons (Fsp3) is 0.100. The molecule has 27 heavy (non-hydrogen) atoms. The largest absolute Gasteiger partial charge is 0.504 e. The predicted octanol–water partition coefficient (Wildman–Crippen LogP) is 3.85. The van der Waals surface area contributed by atoms with Crippen molar-refractivity contribution in [2.45, 2.75) is 0 Å². The molecule has 0 saturated heterocycles. The number of fused-ring (bicyclic) bond motifs is 1. The quantitative estimate of drug-likeness (QED) is 0.461. The van der Waals surface area contributed by atoms with Gasteiger partial charge in [0, 0.05) is 0 Å². The van der Waals surface area contributed by atoms with E-state index in [-0.39, 0.29) is 12.4 Å². The number of carbonyl (C=O) groups is 1. The van der Waals surface area contributed by atoms with E-state index in [0.717, 1.165) is 15.2 Å². The van der Waals surface area contributed by atoms with Gasteiger partial charge < -0.3 is 14.6 Å². The molecule has 0 aliphatic heterocycles. The summed E-state index contributed by atoms with van der Waals surface area (Å²) >= 11 is 3.52. The Morgan fingerprint density at radius 3 is 2.81 bits per heavy atom. The van der Waals surface area contributed by atoms with Crippen LogP contribution in [0.4, 0.5) is 0 Å². The van der Waals surface area contributed by atoms with Gasteiger partial charge in [0.05, 0.1) is 17.8 Å². The van der Waals surface area contributed by atoms with Crippen LogP contribution in [0.25, 0.3) is 10.8 Å². The number of halogens is 1. The predicted molar refractivity (Wildman–Crippen MR) is 108 cm³/mol. The van der Waals surface area contributed by atoms with Crippen LogP contribution >= 0.6 is 15.9 Å². The number of hydrazone groups is 1. The Morgan fingerprint density at radius 2 is 2.00 bits per heavy atom. The average molecular weight is 429 g/mol. The van der Waals surface area contributed by atoms with Crippen molar-refractivity contribution in [2.75, 3.05) is 13.7 Å². The van der Waals surface area contributed by atoms with E-state index in [9.17, 15) is 9.90 Å². The zero-order valence-electron chi connectivity index (χ0n) is 14.5. The molecule has 2 N–H and O–H groups in total. The van der Waals surface area contributed by atoms with Crippen LogP contribution in [-0.4, -0.2) is 30.9 Å². The number of amides is 1. The molecule has 7 heteroatoms. The summed E-state index contributed by atoms with van der Waals surface area (Å²) in [5, 5.41) is 15.5. The summed E-state index contributed by atoms with van der Waals surface area (Å²) in [6, 6.07) is 16.4. The Hall–Kier alpha value is -3.06. The minimum atomic E-state index is -0.392. The smallest absolute Gasteiger partial charge is 0.277 e. The van der Waals surface area contributed by atoms with Crippen LogP contribution in [0.2, 0.25) is 0 Å². The van der Waals surface area contributed by atoms with Crippen molar-refractivity contribution in [3.63, 3.8) is 0 Å². The molecule has 0 bridgehead atoms. The summed E-state index contributed by atoms with van der Waals surface area (Å²) in [5.41, 5.74) is 3.07. The van der Waals surface area contributed by atoms with Crippen LogP contribution in [0.5, 0.6) is 17.2 Å². The van der Waals surface area contributed by atoms with Gasteiger partial charge in [0.1, 0.15) is 5.75 Å². The molecule has 0 radical (unpaired) electrons. The molecular weight excluding hydrogens is 412 g/mol. The third-order valence-corrected chi connectivity index (χ3v) is 4.61. The monoisotopic (exact) mass is 428 g/mol. The van der Waals surface area contributed by atoms with E-state index >= 15 is 0 Å². The van der Waals surface area contributed by atoms with Crippen LogP contribution in [0.1, 0.15) is 5.56 Å². The van der Waals surface area contributed by atoms with Gasteiger partial charge in [0.2, 0.25) is 0 Å². The van der Waals surface area contributed by atoms with E-state index in [4.69, 9.17) is 9.47 Å². The standard InChI is InChI=1S/C20H17BrN2O4/c1-26-18-10-13(6-8-16(18)24)11-22-23-19(25)12-27-17-9-7-14-4-2-3-5-15(14)20(17)21/h2-11,24H,12H2,1H3,(H,23,25)/b22-11+. The van der Waals surface area contributed by atoms with Crippen molar-refractivity contribution in [1.29, 1.82) is 0 Å². The third kappa shape index (κ3) is 4.57. The third-order valence-electron chi connectivity index (χ3n) is 3.79. The van der Waals surface area contributed by atoms with Gasteiger partial charge in [-0.1, -0.05) is 30.3 Å². The summed E-state index contributed by atoms with van der Waals surface area (Å²) in [6.45, 7) is -0.173. The minimum Gasteiger partial charge on any atom is -0.504 e. The number of nitrogens with one attached hydrogen (secondary N) is 1. The van der Waals surface area contributed by atoms with E-state index in [2.05, 4.69) is 26.5 Å². The zero-order valence-corrected chi connectivity index (χ0v) is 16.1.